The fraction of sp³-hybridized carbons (Fsp3) is 0.438. The third kappa shape index (κ3) is 3.16. The molecule has 1 aromatic carbocycles. The van der Waals surface area contributed by atoms with Crippen LogP contribution in [0.15, 0.2) is 30.3 Å². The van der Waals surface area contributed by atoms with E-state index in [4.69, 9.17) is 4.98 Å². The monoisotopic (exact) mass is 317 g/mol. The highest BCUT2D eigenvalue weighted by molar-refractivity contribution is 7.99. The molecular formula is C16H19N3O2S. The van der Waals surface area contributed by atoms with Crippen LogP contribution >= 0.6 is 11.8 Å². The molecule has 0 N–H and O–H groups in total. The van der Waals surface area contributed by atoms with Gasteiger partial charge in [0.1, 0.15) is 5.82 Å². The first kappa shape index (κ1) is 15.1. The maximum Gasteiger partial charge on any atom is 0.270 e. The lowest BCUT2D eigenvalue weighted by Crippen LogP contribution is -2.30. The Kier molecular flexibility index (Phi) is 4.47. The van der Waals surface area contributed by atoms with Crippen LogP contribution < -0.4 is 4.90 Å². The molecule has 1 saturated heterocycles. The quantitative estimate of drug-likeness (QED) is 0.635. The zero-order chi connectivity index (χ0) is 15.5. The molecule has 1 unspecified atom stereocenters. The van der Waals surface area contributed by atoms with Crippen molar-refractivity contribution >= 4 is 34.2 Å². The van der Waals surface area contributed by atoms with E-state index in [9.17, 15) is 10.1 Å². The van der Waals surface area contributed by atoms with Crippen LogP contribution in [0, 0.1) is 10.1 Å². The number of rotatable bonds is 3. The fourth-order valence-corrected chi connectivity index (χ4v) is 3.63. The molecule has 6 heteroatoms. The van der Waals surface area contributed by atoms with Gasteiger partial charge >= 0.3 is 0 Å². The molecule has 22 heavy (non-hydrogen) atoms. The molecule has 0 saturated carbocycles. The van der Waals surface area contributed by atoms with Crippen molar-refractivity contribution in [2.45, 2.75) is 24.5 Å². The number of non-ortho nitro benzene ring substituents is 1. The smallest absolute Gasteiger partial charge is 0.270 e. The third-order valence-electron chi connectivity index (χ3n) is 4.15. The maximum absolute atomic E-state index is 10.8. The van der Waals surface area contributed by atoms with Gasteiger partial charge in [-0.25, -0.2) is 4.98 Å². The first-order chi connectivity index (χ1) is 10.7. The number of thioether (sulfide) groups is 1. The lowest BCUT2D eigenvalue weighted by atomic mass is 10.2. The topological polar surface area (TPSA) is 59.3 Å². The molecule has 2 aromatic rings. The molecule has 0 spiro atoms. The van der Waals surface area contributed by atoms with E-state index in [2.05, 4.69) is 11.2 Å². The molecule has 0 amide bonds. The van der Waals surface area contributed by atoms with Gasteiger partial charge in [0.25, 0.3) is 5.69 Å². The van der Waals surface area contributed by atoms with Gasteiger partial charge in [0.15, 0.2) is 0 Å². The first-order valence-electron chi connectivity index (χ1n) is 7.50. The first-order valence-corrected chi connectivity index (χ1v) is 8.79. The molecule has 0 bridgehead atoms. The third-order valence-corrected chi connectivity index (χ3v) is 5.21. The van der Waals surface area contributed by atoms with Crippen LogP contribution in [0.4, 0.5) is 11.5 Å². The molecule has 2 heterocycles. The second kappa shape index (κ2) is 6.52. The van der Waals surface area contributed by atoms with Crippen LogP contribution in [-0.2, 0) is 0 Å². The summed E-state index contributed by atoms with van der Waals surface area (Å²) in [5.74, 6) is 0.974. The summed E-state index contributed by atoms with van der Waals surface area (Å²) in [4.78, 5) is 17.5. The van der Waals surface area contributed by atoms with Crippen molar-refractivity contribution in [2.24, 2.45) is 0 Å². The van der Waals surface area contributed by atoms with Crippen LogP contribution in [0.25, 0.3) is 10.9 Å². The average molecular weight is 317 g/mol. The Hall–Kier alpha value is -1.82. The summed E-state index contributed by atoms with van der Waals surface area (Å²) >= 11 is 1.92. The average Bonchev–Trinajstić information content (AvgIpc) is 2.79. The van der Waals surface area contributed by atoms with Crippen molar-refractivity contribution in [3.8, 4) is 0 Å². The van der Waals surface area contributed by atoms with Crippen LogP contribution in [0.1, 0.15) is 19.3 Å². The van der Waals surface area contributed by atoms with Crippen molar-refractivity contribution in [3.05, 3.63) is 40.4 Å². The fourth-order valence-electron chi connectivity index (χ4n) is 2.90. The second-order valence-electron chi connectivity index (χ2n) is 5.60. The Morgan fingerprint density at radius 3 is 2.95 bits per heavy atom. The largest absolute Gasteiger partial charge is 0.355 e. The lowest BCUT2D eigenvalue weighted by Gasteiger charge is -2.24. The predicted molar refractivity (Wildman–Crippen MR) is 91.8 cm³/mol. The highest BCUT2D eigenvalue weighted by Crippen LogP contribution is 2.26. The Morgan fingerprint density at radius 1 is 1.32 bits per heavy atom. The lowest BCUT2D eigenvalue weighted by molar-refractivity contribution is -0.384. The molecule has 116 valence electrons. The van der Waals surface area contributed by atoms with Crippen molar-refractivity contribution in [1.29, 1.82) is 0 Å². The van der Waals surface area contributed by atoms with Crippen LogP contribution in [-0.4, -0.2) is 34.5 Å². The van der Waals surface area contributed by atoms with Gasteiger partial charge in [0.2, 0.25) is 0 Å². The zero-order valence-corrected chi connectivity index (χ0v) is 13.4. The van der Waals surface area contributed by atoms with E-state index in [1.165, 1.54) is 25.3 Å². The van der Waals surface area contributed by atoms with E-state index in [0.29, 0.717) is 5.25 Å². The molecular weight excluding hydrogens is 298 g/mol. The minimum absolute atomic E-state index is 0.110. The van der Waals surface area contributed by atoms with Gasteiger partial charge in [-0.05, 0) is 37.3 Å². The summed E-state index contributed by atoms with van der Waals surface area (Å²) in [6.45, 7) is 2.05. The van der Waals surface area contributed by atoms with Crippen LogP contribution in [0.3, 0.4) is 0 Å². The van der Waals surface area contributed by atoms with Gasteiger partial charge in [-0.15, -0.1) is 0 Å². The molecule has 0 radical (unpaired) electrons. The number of anilines is 1. The molecule has 1 aromatic heterocycles. The van der Waals surface area contributed by atoms with E-state index in [1.807, 2.05) is 23.9 Å². The summed E-state index contributed by atoms with van der Waals surface area (Å²) in [6.07, 6.45) is 5.89. The van der Waals surface area contributed by atoms with Crippen molar-refractivity contribution in [2.75, 3.05) is 24.2 Å². The number of fused-ring (bicyclic) bond motifs is 1. The van der Waals surface area contributed by atoms with Gasteiger partial charge in [-0.3, -0.25) is 10.1 Å². The number of nitro groups is 1. The summed E-state index contributed by atoms with van der Waals surface area (Å²) in [7, 11) is 0. The molecule has 1 atom stereocenters. The number of nitrogens with zero attached hydrogens (tertiary/aromatic N) is 3. The number of benzene rings is 1. The summed E-state index contributed by atoms with van der Waals surface area (Å²) in [6, 6.07) is 8.75. The Labute approximate surface area is 133 Å². The predicted octanol–water partition coefficient (Wildman–Crippen LogP) is 3.86. The van der Waals surface area contributed by atoms with E-state index < -0.39 is 0 Å². The highest BCUT2D eigenvalue weighted by Gasteiger charge is 2.19. The molecule has 5 nitrogen and oxygen atoms in total. The number of hydrogen-bond acceptors (Lipinski definition) is 5. The van der Waals surface area contributed by atoms with Crippen molar-refractivity contribution < 1.29 is 4.92 Å². The van der Waals surface area contributed by atoms with E-state index in [1.54, 1.807) is 12.1 Å². The summed E-state index contributed by atoms with van der Waals surface area (Å²) in [5.41, 5.74) is 0.923. The normalized spacial score (nSPS) is 19.1. The SMILES string of the molecule is CSC1CCCCN(c2ccc3cc([N+](=O)[O-])ccc3n2)C1. The zero-order valence-electron chi connectivity index (χ0n) is 12.6. The van der Waals surface area contributed by atoms with Gasteiger partial charge < -0.3 is 4.90 Å². The van der Waals surface area contributed by atoms with Gasteiger partial charge in [0.05, 0.1) is 10.4 Å². The van der Waals surface area contributed by atoms with Gasteiger partial charge in [-0.2, -0.15) is 11.8 Å². The number of pyridine rings is 1. The Bertz CT molecular complexity index is 692. The van der Waals surface area contributed by atoms with Gasteiger partial charge in [0, 0.05) is 35.9 Å². The minimum atomic E-state index is -0.370. The van der Waals surface area contributed by atoms with Crippen molar-refractivity contribution in [1.82, 2.24) is 4.98 Å². The molecule has 3 rings (SSSR count). The number of aromatic nitrogens is 1. The molecule has 1 aliphatic heterocycles. The van der Waals surface area contributed by atoms with E-state index in [-0.39, 0.29) is 10.6 Å². The number of hydrogen-bond donors (Lipinski definition) is 0. The second-order valence-corrected chi connectivity index (χ2v) is 6.74. The van der Waals surface area contributed by atoms with Crippen LogP contribution in [0.5, 0.6) is 0 Å². The van der Waals surface area contributed by atoms with E-state index in [0.717, 1.165) is 29.8 Å². The summed E-state index contributed by atoms with van der Waals surface area (Å²) < 4.78 is 0. The van der Waals surface area contributed by atoms with E-state index >= 15 is 0 Å². The van der Waals surface area contributed by atoms with Crippen molar-refractivity contribution in [3.63, 3.8) is 0 Å². The van der Waals surface area contributed by atoms with Crippen LogP contribution in [0.2, 0.25) is 0 Å². The molecule has 0 aliphatic carbocycles. The Morgan fingerprint density at radius 2 is 2.18 bits per heavy atom. The Balaban J connectivity index is 1.90. The van der Waals surface area contributed by atoms with Gasteiger partial charge in [-0.1, -0.05) is 6.42 Å². The molecule has 1 fully saturated rings. The molecule has 1 aliphatic rings. The number of nitro benzene ring substituents is 1. The highest BCUT2D eigenvalue weighted by atomic mass is 32.2. The summed E-state index contributed by atoms with van der Waals surface area (Å²) in [5, 5.41) is 12.3. The standard InChI is InChI=1S/C16H19N3O2S/c1-22-14-4-2-3-9-18(11-14)16-8-5-12-10-13(19(20)21)6-7-15(12)17-16/h5-8,10,14H,2-4,9,11H2,1H3. The maximum atomic E-state index is 10.8. The minimum Gasteiger partial charge on any atom is -0.355 e.